The lowest BCUT2D eigenvalue weighted by Crippen LogP contribution is -2.53. The monoisotopic (exact) mass is 506 g/mol. The number of nitrogens with two attached hydrogens (primary N) is 1. The van der Waals surface area contributed by atoms with Crippen molar-refractivity contribution in [2.75, 3.05) is 20.2 Å². The summed E-state index contributed by atoms with van der Waals surface area (Å²) >= 11 is 0. The minimum absolute atomic E-state index is 0.0854. The average Bonchev–Trinajstić information content (AvgIpc) is 2.79. The maximum Gasteiger partial charge on any atom is 0.408 e. The Morgan fingerprint density at radius 1 is 1.11 bits per heavy atom. The molecule has 0 heterocycles. The third-order valence-corrected chi connectivity index (χ3v) is 5.09. The molecule has 200 valence electrons. The lowest BCUT2D eigenvalue weighted by atomic mass is 9.97. The van der Waals surface area contributed by atoms with Crippen LogP contribution >= 0.6 is 0 Å². The fourth-order valence-electron chi connectivity index (χ4n) is 3.47. The minimum atomic E-state index is -1.18. The first-order valence-electron chi connectivity index (χ1n) is 11.8. The Morgan fingerprint density at radius 3 is 2.28 bits per heavy atom. The highest BCUT2D eigenvalue weighted by Crippen LogP contribution is 2.26. The van der Waals surface area contributed by atoms with Gasteiger partial charge in [-0.3, -0.25) is 19.2 Å². The number of nitrogens with zero attached hydrogens (tertiary/aromatic N) is 1. The molecular formula is C25H38N4O7. The van der Waals surface area contributed by atoms with E-state index in [1.807, 2.05) is 6.92 Å². The van der Waals surface area contributed by atoms with Crippen LogP contribution in [-0.4, -0.2) is 66.5 Å². The highest BCUT2D eigenvalue weighted by Gasteiger charge is 2.36. The highest BCUT2D eigenvalue weighted by molar-refractivity contribution is 5.93. The van der Waals surface area contributed by atoms with Crippen molar-refractivity contribution in [1.29, 1.82) is 0 Å². The molecule has 4 N–H and O–H groups in total. The molecule has 1 rings (SSSR count). The highest BCUT2D eigenvalue weighted by atomic mass is 16.6. The zero-order valence-electron chi connectivity index (χ0n) is 21.9. The van der Waals surface area contributed by atoms with E-state index in [1.165, 1.54) is 12.0 Å². The number of carbonyl (C=O) groups excluding carboxylic acids is 5. The summed E-state index contributed by atoms with van der Waals surface area (Å²) in [5.41, 5.74) is 5.77. The van der Waals surface area contributed by atoms with Gasteiger partial charge in [0.05, 0.1) is 7.11 Å². The molecular weight excluding hydrogens is 468 g/mol. The molecule has 0 aliphatic heterocycles. The zero-order chi connectivity index (χ0) is 27.5. The second-order valence-corrected chi connectivity index (χ2v) is 9.29. The third-order valence-electron chi connectivity index (χ3n) is 5.09. The summed E-state index contributed by atoms with van der Waals surface area (Å²) in [6.07, 6.45) is -0.606. The fourth-order valence-corrected chi connectivity index (χ4v) is 3.47. The summed E-state index contributed by atoms with van der Waals surface area (Å²) in [6.45, 7) is 8.44. The smallest absolute Gasteiger partial charge is 0.408 e. The molecule has 0 radical (unpaired) electrons. The number of esters is 1. The Kier molecular flexibility index (Phi) is 11.9. The van der Waals surface area contributed by atoms with Crippen molar-refractivity contribution in [2.24, 2.45) is 5.73 Å². The van der Waals surface area contributed by atoms with Crippen LogP contribution in [0.3, 0.4) is 0 Å². The molecule has 0 aliphatic carbocycles. The first kappa shape index (κ1) is 30.4. The number of primary amides is 1. The molecule has 0 aliphatic rings. The first-order valence-corrected chi connectivity index (χ1v) is 11.8. The van der Waals surface area contributed by atoms with E-state index in [0.29, 0.717) is 12.0 Å². The molecule has 0 saturated carbocycles. The largest absolute Gasteiger partial charge is 0.468 e. The molecule has 1 aromatic carbocycles. The van der Waals surface area contributed by atoms with Gasteiger partial charge in [0.2, 0.25) is 17.7 Å². The van der Waals surface area contributed by atoms with E-state index in [2.05, 4.69) is 15.4 Å². The predicted octanol–water partition coefficient (Wildman–Crippen LogP) is 1.72. The van der Waals surface area contributed by atoms with Gasteiger partial charge in [0.15, 0.2) is 0 Å². The number of ether oxygens (including phenoxy) is 2. The molecule has 11 nitrogen and oxygen atoms in total. The fraction of sp³-hybridized carbons (Fsp3) is 0.560. The topological polar surface area (TPSA) is 157 Å². The Labute approximate surface area is 212 Å². The second-order valence-electron chi connectivity index (χ2n) is 9.29. The molecule has 1 aromatic rings. The maximum absolute atomic E-state index is 13.8. The lowest BCUT2D eigenvalue weighted by Gasteiger charge is -2.35. The summed E-state index contributed by atoms with van der Waals surface area (Å²) in [7, 11) is 1.20. The molecule has 2 unspecified atom stereocenters. The summed E-state index contributed by atoms with van der Waals surface area (Å²) in [6, 6.07) is 4.76. The SMILES string of the molecule is CCCN(C(=O)C(CCC(N)=O)NC(=O)OC(C)(C)C)C(C(=O)NCC(=O)OC)c1ccccc1C. The predicted molar refractivity (Wildman–Crippen MR) is 133 cm³/mol. The molecule has 0 spiro atoms. The van der Waals surface area contributed by atoms with Gasteiger partial charge in [-0.15, -0.1) is 0 Å². The number of amides is 4. The van der Waals surface area contributed by atoms with Crippen LogP contribution in [-0.2, 0) is 28.7 Å². The van der Waals surface area contributed by atoms with Crippen LogP contribution in [0.25, 0.3) is 0 Å². The Hall–Kier alpha value is -3.63. The van der Waals surface area contributed by atoms with Crippen molar-refractivity contribution in [1.82, 2.24) is 15.5 Å². The van der Waals surface area contributed by atoms with E-state index in [9.17, 15) is 24.0 Å². The molecule has 2 atom stereocenters. The van der Waals surface area contributed by atoms with Crippen molar-refractivity contribution >= 4 is 29.8 Å². The molecule has 0 bridgehead atoms. The number of benzene rings is 1. The number of carbonyl (C=O) groups is 5. The van der Waals surface area contributed by atoms with E-state index in [0.717, 1.165) is 5.56 Å². The third kappa shape index (κ3) is 9.93. The van der Waals surface area contributed by atoms with Gasteiger partial charge < -0.3 is 30.7 Å². The Morgan fingerprint density at radius 2 is 1.75 bits per heavy atom. The van der Waals surface area contributed by atoms with Crippen LogP contribution in [0.5, 0.6) is 0 Å². The van der Waals surface area contributed by atoms with Crippen molar-refractivity contribution in [3.8, 4) is 0 Å². The second kappa shape index (κ2) is 14.1. The summed E-state index contributed by atoms with van der Waals surface area (Å²) in [4.78, 5) is 64.1. The zero-order valence-corrected chi connectivity index (χ0v) is 21.9. The number of rotatable bonds is 12. The molecule has 36 heavy (non-hydrogen) atoms. The van der Waals surface area contributed by atoms with Gasteiger partial charge in [-0.2, -0.15) is 0 Å². The van der Waals surface area contributed by atoms with Crippen molar-refractivity contribution in [3.05, 3.63) is 35.4 Å². The molecule has 11 heteroatoms. The average molecular weight is 507 g/mol. The standard InChI is InChI=1S/C25H38N4O7/c1-7-14-29(23(33)18(12-13-19(26)30)28-24(34)36-25(3,4)5)21(17-11-9-8-10-16(17)2)22(32)27-15-20(31)35-6/h8-11,18,21H,7,12-15H2,1-6H3,(H2,26,30)(H,27,32)(H,28,34). The van der Waals surface area contributed by atoms with Gasteiger partial charge in [-0.1, -0.05) is 31.2 Å². The summed E-state index contributed by atoms with van der Waals surface area (Å²) in [5, 5.41) is 5.04. The van der Waals surface area contributed by atoms with E-state index in [1.54, 1.807) is 52.0 Å². The Bertz CT molecular complexity index is 943. The van der Waals surface area contributed by atoms with Gasteiger partial charge in [0.25, 0.3) is 0 Å². The van der Waals surface area contributed by atoms with Crippen LogP contribution in [0.2, 0.25) is 0 Å². The molecule has 0 saturated heterocycles. The van der Waals surface area contributed by atoms with Crippen LogP contribution < -0.4 is 16.4 Å². The number of nitrogens with one attached hydrogen (secondary N) is 2. The first-order chi connectivity index (χ1) is 16.8. The van der Waals surface area contributed by atoms with Crippen LogP contribution in [0, 0.1) is 6.92 Å². The van der Waals surface area contributed by atoms with Crippen LogP contribution in [0.4, 0.5) is 4.79 Å². The lowest BCUT2D eigenvalue weighted by molar-refractivity contribution is -0.144. The van der Waals surface area contributed by atoms with Crippen molar-refractivity contribution in [2.45, 2.75) is 71.6 Å². The maximum atomic E-state index is 13.8. The number of methoxy groups -OCH3 is 1. The summed E-state index contributed by atoms with van der Waals surface area (Å²) in [5.74, 6) is -2.48. The minimum Gasteiger partial charge on any atom is -0.468 e. The number of aryl methyl sites for hydroxylation is 1. The van der Waals surface area contributed by atoms with E-state index >= 15 is 0 Å². The number of hydrogen-bond acceptors (Lipinski definition) is 7. The molecule has 4 amide bonds. The van der Waals surface area contributed by atoms with Gasteiger partial charge in [-0.25, -0.2) is 4.79 Å². The number of alkyl carbamates (subject to hydrolysis) is 1. The van der Waals surface area contributed by atoms with Crippen LogP contribution in [0.1, 0.15) is 64.1 Å². The van der Waals surface area contributed by atoms with Gasteiger partial charge in [-0.05, 0) is 51.7 Å². The van der Waals surface area contributed by atoms with Crippen molar-refractivity contribution < 1.29 is 33.4 Å². The van der Waals surface area contributed by atoms with E-state index in [4.69, 9.17) is 10.5 Å². The van der Waals surface area contributed by atoms with Crippen LogP contribution in [0.15, 0.2) is 24.3 Å². The molecule has 0 aromatic heterocycles. The van der Waals surface area contributed by atoms with Gasteiger partial charge in [0, 0.05) is 13.0 Å². The summed E-state index contributed by atoms with van der Waals surface area (Å²) < 4.78 is 9.89. The quantitative estimate of drug-likeness (QED) is 0.364. The Balaban J connectivity index is 3.44. The number of hydrogen-bond donors (Lipinski definition) is 3. The van der Waals surface area contributed by atoms with E-state index < -0.39 is 47.5 Å². The van der Waals surface area contributed by atoms with Crippen molar-refractivity contribution in [3.63, 3.8) is 0 Å². The van der Waals surface area contributed by atoms with Gasteiger partial charge >= 0.3 is 12.1 Å². The molecule has 0 fully saturated rings. The normalized spacial score (nSPS) is 12.6. The van der Waals surface area contributed by atoms with E-state index in [-0.39, 0.29) is 25.9 Å². The van der Waals surface area contributed by atoms with Gasteiger partial charge in [0.1, 0.15) is 24.2 Å².